The highest BCUT2D eigenvalue weighted by Crippen LogP contribution is 2.12. The van der Waals surface area contributed by atoms with Gasteiger partial charge in [-0.1, -0.05) is 0 Å². The highest BCUT2D eigenvalue weighted by Gasteiger charge is 2.21. The lowest BCUT2D eigenvalue weighted by Gasteiger charge is -1.97. The number of esters is 1. The van der Waals surface area contributed by atoms with E-state index in [4.69, 9.17) is 9.84 Å². The summed E-state index contributed by atoms with van der Waals surface area (Å²) in [5.41, 5.74) is 0. The normalized spacial score (nSPS) is 20.2. The summed E-state index contributed by atoms with van der Waals surface area (Å²) in [6.45, 7) is 0.996. The van der Waals surface area contributed by atoms with Crippen LogP contribution in [0.4, 0.5) is 0 Å². The van der Waals surface area contributed by atoms with E-state index in [9.17, 15) is 9.59 Å². The van der Waals surface area contributed by atoms with Crippen LogP contribution in [0.15, 0.2) is 12.2 Å². The molecule has 0 amide bonds. The van der Waals surface area contributed by atoms with Crippen LogP contribution < -0.4 is 0 Å². The molecule has 0 aromatic rings. The molecule has 1 aliphatic rings. The first-order valence-corrected chi connectivity index (χ1v) is 3.88. The highest BCUT2D eigenvalue weighted by molar-refractivity contribution is 5.90. The van der Waals surface area contributed by atoms with Gasteiger partial charge in [-0.25, -0.2) is 9.59 Å². The van der Waals surface area contributed by atoms with E-state index in [2.05, 4.69) is 4.74 Å². The zero-order chi connectivity index (χ0) is 9.68. The first-order chi connectivity index (χ1) is 6.18. The van der Waals surface area contributed by atoms with Gasteiger partial charge in [0.15, 0.2) is 0 Å². The summed E-state index contributed by atoms with van der Waals surface area (Å²) >= 11 is 0. The smallest absolute Gasteiger partial charge is 0.331 e. The van der Waals surface area contributed by atoms with E-state index in [1.165, 1.54) is 0 Å². The molecule has 1 rings (SSSR count). The minimum absolute atomic E-state index is 0.219. The molecular weight excluding hydrogens is 176 g/mol. The molecule has 0 aromatic heterocycles. The summed E-state index contributed by atoms with van der Waals surface area (Å²) in [6.07, 6.45) is 2.52. The fourth-order valence-electron chi connectivity index (χ4n) is 0.713. The van der Waals surface area contributed by atoms with Crippen LogP contribution in [0.5, 0.6) is 0 Å². The number of hydrogen-bond acceptors (Lipinski definition) is 4. The summed E-state index contributed by atoms with van der Waals surface area (Å²) in [4.78, 5) is 20.7. The van der Waals surface area contributed by atoms with Gasteiger partial charge in [-0.15, -0.1) is 0 Å². The van der Waals surface area contributed by atoms with Crippen LogP contribution in [0.2, 0.25) is 0 Å². The van der Waals surface area contributed by atoms with Crippen molar-refractivity contribution in [3.8, 4) is 0 Å². The third-order valence-electron chi connectivity index (χ3n) is 1.45. The minimum Gasteiger partial charge on any atom is -0.478 e. The third-order valence-corrected chi connectivity index (χ3v) is 1.45. The summed E-state index contributed by atoms with van der Waals surface area (Å²) in [7, 11) is 0. The van der Waals surface area contributed by atoms with E-state index in [0.29, 0.717) is 6.42 Å². The van der Waals surface area contributed by atoms with Crippen molar-refractivity contribution in [3.05, 3.63) is 12.2 Å². The van der Waals surface area contributed by atoms with Crippen LogP contribution in [-0.2, 0) is 19.1 Å². The number of carboxylic acid groups (broad SMARTS) is 1. The maximum absolute atomic E-state index is 10.7. The zero-order valence-electron chi connectivity index (χ0n) is 6.93. The number of carbonyl (C=O) groups is 2. The topological polar surface area (TPSA) is 76.1 Å². The minimum atomic E-state index is -1.16. The van der Waals surface area contributed by atoms with Gasteiger partial charge in [0.05, 0.1) is 19.3 Å². The Morgan fingerprint density at radius 3 is 2.77 bits per heavy atom. The first-order valence-electron chi connectivity index (χ1n) is 3.88. The van der Waals surface area contributed by atoms with Crippen molar-refractivity contribution >= 4 is 11.9 Å². The number of aliphatic carboxylic acids is 1. The van der Waals surface area contributed by atoms with Crippen molar-refractivity contribution in [1.82, 2.24) is 0 Å². The summed E-state index contributed by atoms with van der Waals surface area (Å²) in [6, 6.07) is 0. The Hall–Kier alpha value is -1.36. The van der Waals surface area contributed by atoms with Gasteiger partial charge in [0.2, 0.25) is 0 Å². The SMILES string of the molecule is O=C(O)C=CC(=O)OCCC1CO1. The molecule has 0 aliphatic carbocycles. The molecule has 1 N–H and O–H groups in total. The fourth-order valence-corrected chi connectivity index (χ4v) is 0.713. The number of carbonyl (C=O) groups excluding carboxylic acids is 1. The molecule has 1 atom stereocenters. The molecule has 1 unspecified atom stereocenters. The van der Waals surface area contributed by atoms with E-state index >= 15 is 0 Å². The Labute approximate surface area is 74.9 Å². The van der Waals surface area contributed by atoms with Gasteiger partial charge in [0.1, 0.15) is 0 Å². The lowest BCUT2D eigenvalue weighted by molar-refractivity contribution is -0.138. The van der Waals surface area contributed by atoms with Crippen LogP contribution in [0.1, 0.15) is 6.42 Å². The van der Waals surface area contributed by atoms with Crippen molar-refractivity contribution in [1.29, 1.82) is 0 Å². The second-order valence-electron chi connectivity index (χ2n) is 2.58. The molecule has 0 radical (unpaired) electrons. The number of hydrogen-bond donors (Lipinski definition) is 1. The van der Waals surface area contributed by atoms with Crippen LogP contribution in [-0.4, -0.2) is 36.4 Å². The average Bonchev–Trinajstić information content (AvgIpc) is 2.84. The average molecular weight is 186 g/mol. The Kier molecular flexibility index (Phi) is 3.45. The number of ether oxygens (including phenoxy) is 2. The zero-order valence-corrected chi connectivity index (χ0v) is 6.93. The van der Waals surface area contributed by atoms with Crippen molar-refractivity contribution in [2.75, 3.05) is 13.2 Å². The van der Waals surface area contributed by atoms with Crippen molar-refractivity contribution < 1.29 is 24.2 Å². The molecule has 1 saturated heterocycles. The Morgan fingerprint density at radius 1 is 1.54 bits per heavy atom. The maximum atomic E-state index is 10.7. The van der Waals surface area contributed by atoms with Gasteiger partial charge in [0.25, 0.3) is 0 Å². The lowest BCUT2D eigenvalue weighted by atomic mass is 10.3. The fraction of sp³-hybridized carbons (Fsp3) is 0.500. The van der Waals surface area contributed by atoms with E-state index in [-0.39, 0.29) is 12.7 Å². The first kappa shape index (κ1) is 9.73. The maximum Gasteiger partial charge on any atom is 0.331 e. The predicted molar refractivity (Wildman–Crippen MR) is 42.1 cm³/mol. The molecule has 13 heavy (non-hydrogen) atoms. The standard InChI is InChI=1S/C8H10O5/c9-7(10)1-2-8(11)12-4-3-6-5-13-6/h1-2,6H,3-5H2,(H,9,10). The van der Waals surface area contributed by atoms with Gasteiger partial charge in [-0.05, 0) is 0 Å². The van der Waals surface area contributed by atoms with Gasteiger partial charge in [0, 0.05) is 18.6 Å². The van der Waals surface area contributed by atoms with Crippen molar-refractivity contribution in [3.63, 3.8) is 0 Å². The Balaban J connectivity index is 2.05. The highest BCUT2D eigenvalue weighted by atomic mass is 16.6. The molecule has 0 aromatic carbocycles. The van der Waals surface area contributed by atoms with Crippen molar-refractivity contribution in [2.45, 2.75) is 12.5 Å². The molecule has 0 saturated carbocycles. The summed E-state index contributed by atoms with van der Waals surface area (Å²) in [5.74, 6) is -1.80. The van der Waals surface area contributed by atoms with Gasteiger partial charge in [-0.2, -0.15) is 0 Å². The van der Waals surface area contributed by atoms with E-state index in [0.717, 1.165) is 18.8 Å². The van der Waals surface area contributed by atoms with E-state index in [1.807, 2.05) is 0 Å². The molecular formula is C8H10O5. The Morgan fingerprint density at radius 2 is 2.23 bits per heavy atom. The van der Waals surface area contributed by atoms with Crippen LogP contribution in [0.25, 0.3) is 0 Å². The molecule has 5 heteroatoms. The number of rotatable bonds is 5. The largest absolute Gasteiger partial charge is 0.478 e. The molecule has 0 bridgehead atoms. The predicted octanol–water partition coefficient (Wildman–Crippen LogP) is -0.0407. The van der Waals surface area contributed by atoms with Crippen molar-refractivity contribution in [2.24, 2.45) is 0 Å². The summed E-state index contributed by atoms with van der Waals surface area (Å²) in [5, 5.41) is 8.17. The molecule has 1 aliphatic heterocycles. The molecule has 1 heterocycles. The van der Waals surface area contributed by atoms with E-state index in [1.54, 1.807) is 0 Å². The molecule has 72 valence electrons. The van der Waals surface area contributed by atoms with Crippen LogP contribution in [0, 0.1) is 0 Å². The molecule has 1 fully saturated rings. The van der Waals surface area contributed by atoms with Crippen LogP contribution in [0.3, 0.4) is 0 Å². The molecule has 0 spiro atoms. The van der Waals surface area contributed by atoms with Gasteiger partial charge >= 0.3 is 11.9 Å². The quantitative estimate of drug-likeness (QED) is 0.370. The number of epoxide rings is 1. The number of carboxylic acids is 1. The van der Waals surface area contributed by atoms with Gasteiger partial charge in [-0.3, -0.25) is 0 Å². The Bertz CT molecular complexity index is 229. The summed E-state index contributed by atoms with van der Waals surface area (Å²) < 4.78 is 9.56. The lowest BCUT2D eigenvalue weighted by Crippen LogP contribution is -2.05. The second-order valence-corrected chi connectivity index (χ2v) is 2.58. The van der Waals surface area contributed by atoms with E-state index < -0.39 is 11.9 Å². The van der Waals surface area contributed by atoms with Crippen LogP contribution >= 0.6 is 0 Å². The van der Waals surface area contributed by atoms with Gasteiger partial charge < -0.3 is 14.6 Å². The second kappa shape index (κ2) is 4.61. The third kappa shape index (κ3) is 4.97. The molecule has 5 nitrogen and oxygen atoms in total. The monoisotopic (exact) mass is 186 g/mol.